The standard InChI is InChI=1S/C21H20N4O2S2/c1-10-11(2)16-17(22)18(29-20(16)23-12(10)3)19(26)25-21-24-15(9-28-21)13-5-7-14(27-4)8-6-13/h5-9H,22H2,1-4H3,(H,24,25,26). The van der Waals surface area contributed by atoms with Crippen molar-refractivity contribution in [3.05, 3.63) is 51.3 Å². The zero-order chi connectivity index (χ0) is 20.7. The SMILES string of the molecule is COc1ccc(-c2csc(NC(=O)c3sc4nc(C)c(C)c(C)c4c3N)n2)cc1. The topological polar surface area (TPSA) is 90.1 Å². The van der Waals surface area contributed by atoms with E-state index in [0.717, 1.165) is 44.0 Å². The highest BCUT2D eigenvalue weighted by molar-refractivity contribution is 7.21. The van der Waals surface area contributed by atoms with Crippen molar-refractivity contribution in [1.82, 2.24) is 9.97 Å². The number of rotatable bonds is 4. The Morgan fingerprint density at radius 3 is 2.52 bits per heavy atom. The first-order valence-corrected chi connectivity index (χ1v) is 10.7. The zero-order valence-electron chi connectivity index (χ0n) is 16.5. The van der Waals surface area contributed by atoms with Gasteiger partial charge in [-0.05, 0) is 56.2 Å². The number of fused-ring (bicyclic) bond motifs is 1. The molecule has 3 heterocycles. The van der Waals surface area contributed by atoms with Crippen LogP contribution in [0, 0.1) is 20.8 Å². The van der Waals surface area contributed by atoms with Gasteiger partial charge in [-0.15, -0.1) is 22.7 Å². The van der Waals surface area contributed by atoms with Crippen molar-refractivity contribution in [3.8, 4) is 17.0 Å². The molecule has 1 amide bonds. The lowest BCUT2D eigenvalue weighted by Crippen LogP contribution is -2.11. The maximum atomic E-state index is 12.9. The van der Waals surface area contributed by atoms with Crippen LogP contribution in [0.3, 0.4) is 0 Å². The molecule has 0 aliphatic heterocycles. The highest BCUT2D eigenvalue weighted by atomic mass is 32.1. The number of nitrogen functional groups attached to an aromatic ring is 1. The number of aryl methyl sites for hydroxylation is 2. The summed E-state index contributed by atoms with van der Waals surface area (Å²) in [5.41, 5.74) is 11.7. The fourth-order valence-corrected chi connectivity index (χ4v) is 4.93. The van der Waals surface area contributed by atoms with Gasteiger partial charge in [-0.2, -0.15) is 0 Å². The molecule has 29 heavy (non-hydrogen) atoms. The molecule has 6 nitrogen and oxygen atoms in total. The molecule has 0 atom stereocenters. The van der Waals surface area contributed by atoms with Crippen molar-refractivity contribution in [2.24, 2.45) is 0 Å². The maximum absolute atomic E-state index is 12.9. The number of hydrogen-bond donors (Lipinski definition) is 2. The number of benzene rings is 1. The Hall–Kier alpha value is -2.97. The number of anilines is 2. The Bertz CT molecular complexity index is 1230. The predicted molar refractivity (Wildman–Crippen MR) is 120 cm³/mol. The molecule has 0 unspecified atom stereocenters. The quantitative estimate of drug-likeness (QED) is 0.471. The number of carbonyl (C=O) groups excluding carboxylic acids is 1. The van der Waals surface area contributed by atoms with Crippen LogP contribution in [0.4, 0.5) is 10.8 Å². The van der Waals surface area contributed by atoms with Crippen LogP contribution in [0.15, 0.2) is 29.6 Å². The van der Waals surface area contributed by atoms with Crippen LogP contribution in [0.2, 0.25) is 0 Å². The first kappa shape index (κ1) is 19.4. The van der Waals surface area contributed by atoms with E-state index in [9.17, 15) is 4.79 Å². The zero-order valence-corrected chi connectivity index (χ0v) is 18.1. The molecule has 0 saturated heterocycles. The number of nitrogens with zero attached hydrogens (tertiary/aromatic N) is 2. The van der Waals surface area contributed by atoms with Gasteiger partial charge in [0.05, 0.1) is 18.5 Å². The molecule has 0 aliphatic carbocycles. The molecule has 0 saturated carbocycles. The second-order valence-electron chi connectivity index (χ2n) is 6.69. The van der Waals surface area contributed by atoms with E-state index in [1.54, 1.807) is 7.11 Å². The average molecular weight is 425 g/mol. The normalized spacial score (nSPS) is 11.0. The third-order valence-electron chi connectivity index (χ3n) is 4.99. The second kappa shape index (κ2) is 7.46. The number of pyridine rings is 1. The molecule has 1 aromatic carbocycles. The lowest BCUT2D eigenvalue weighted by molar-refractivity contribution is 0.103. The average Bonchev–Trinajstić information content (AvgIpc) is 3.31. The summed E-state index contributed by atoms with van der Waals surface area (Å²) in [7, 11) is 1.63. The van der Waals surface area contributed by atoms with Crippen molar-refractivity contribution in [3.63, 3.8) is 0 Å². The van der Waals surface area contributed by atoms with Crippen LogP contribution in [0.1, 0.15) is 26.5 Å². The Labute approximate surface area is 176 Å². The minimum absolute atomic E-state index is 0.268. The maximum Gasteiger partial charge on any atom is 0.269 e. The molecule has 0 radical (unpaired) electrons. The smallest absolute Gasteiger partial charge is 0.269 e. The Morgan fingerprint density at radius 1 is 1.10 bits per heavy atom. The molecule has 0 aliphatic rings. The van der Waals surface area contributed by atoms with Crippen molar-refractivity contribution in [1.29, 1.82) is 0 Å². The lowest BCUT2D eigenvalue weighted by Gasteiger charge is -2.05. The van der Waals surface area contributed by atoms with Crippen molar-refractivity contribution >= 4 is 49.6 Å². The lowest BCUT2D eigenvalue weighted by atomic mass is 10.1. The van der Waals surface area contributed by atoms with E-state index in [1.807, 2.05) is 50.4 Å². The number of methoxy groups -OCH3 is 1. The number of thiophene rings is 1. The number of amides is 1. The molecule has 3 N–H and O–H groups in total. The van der Waals surface area contributed by atoms with Gasteiger partial charge >= 0.3 is 0 Å². The molecule has 4 rings (SSSR count). The molecule has 4 aromatic rings. The van der Waals surface area contributed by atoms with Gasteiger partial charge in [0.1, 0.15) is 15.5 Å². The molecule has 0 bridgehead atoms. The van der Waals surface area contributed by atoms with Crippen LogP contribution in [-0.2, 0) is 0 Å². The molecule has 3 aromatic heterocycles. The van der Waals surface area contributed by atoms with E-state index >= 15 is 0 Å². The van der Waals surface area contributed by atoms with Crippen LogP contribution in [-0.4, -0.2) is 23.0 Å². The van der Waals surface area contributed by atoms with E-state index in [2.05, 4.69) is 15.3 Å². The van der Waals surface area contributed by atoms with Crippen molar-refractivity contribution in [2.75, 3.05) is 18.2 Å². The van der Waals surface area contributed by atoms with Gasteiger partial charge in [0.25, 0.3) is 5.91 Å². The molecular weight excluding hydrogens is 404 g/mol. The summed E-state index contributed by atoms with van der Waals surface area (Å²) in [6, 6.07) is 7.62. The highest BCUT2D eigenvalue weighted by Gasteiger charge is 2.21. The van der Waals surface area contributed by atoms with Crippen LogP contribution in [0.5, 0.6) is 5.75 Å². The number of carbonyl (C=O) groups is 1. The molecular formula is C21H20N4O2S2. The van der Waals surface area contributed by atoms with Crippen LogP contribution < -0.4 is 15.8 Å². The second-order valence-corrected chi connectivity index (χ2v) is 8.55. The molecule has 8 heteroatoms. The summed E-state index contributed by atoms with van der Waals surface area (Å²) in [5, 5.41) is 6.16. The van der Waals surface area contributed by atoms with Gasteiger partial charge in [0.15, 0.2) is 5.13 Å². The number of nitrogens with one attached hydrogen (secondary N) is 1. The first-order valence-electron chi connectivity index (χ1n) is 8.96. The van der Waals surface area contributed by atoms with E-state index in [4.69, 9.17) is 10.5 Å². The van der Waals surface area contributed by atoms with Gasteiger partial charge in [0, 0.05) is 22.0 Å². The van der Waals surface area contributed by atoms with E-state index in [0.29, 0.717) is 15.7 Å². The third kappa shape index (κ3) is 3.45. The largest absolute Gasteiger partial charge is 0.497 e. The van der Waals surface area contributed by atoms with Crippen molar-refractivity contribution < 1.29 is 9.53 Å². The monoisotopic (exact) mass is 424 g/mol. The Morgan fingerprint density at radius 2 is 1.83 bits per heavy atom. The number of hydrogen-bond acceptors (Lipinski definition) is 7. The summed E-state index contributed by atoms with van der Waals surface area (Å²) in [5.74, 6) is 0.517. The predicted octanol–water partition coefficient (Wildman–Crippen LogP) is 5.19. The molecule has 0 spiro atoms. The van der Waals surface area contributed by atoms with Gasteiger partial charge in [-0.3, -0.25) is 10.1 Å². The number of nitrogens with two attached hydrogens (primary N) is 1. The summed E-state index contributed by atoms with van der Waals surface area (Å²) in [4.78, 5) is 23.2. The summed E-state index contributed by atoms with van der Waals surface area (Å²) < 4.78 is 5.18. The number of thiazole rings is 1. The number of aromatic nitrogens is 2. The van der Waals surface area contributed by atoms with Gasteiger partial charge < -0.3 is 10.5 Å². The Kier molecular flexibility index (Phi) is 4.97. The minimum Gasteiger partial charge on any atom is -0.497 e. The third-order valence-corrected chi connectivity index (χ3v) is 6.85. The minimum atomic E-state index is -0.268. The van der Waals surface area contributed by atoms with Crippen molar-refractivity contribution in [2.45, 2.75) is 20.8 Å². The number of ether oxygens (including phenoxy) is 1. The van der Waals surface area contributed by atoms with E-state index in [1.165, 1.54) is 22.7 Å². The van der Waals surface area contributed by atoms with Crippen LogP contribution in [0.25, 0.3) is 21.5 Å². The van der Waals surface area contributed by atoms with Gasteiger partial charge in [0.2, 0.25) is 0 Å². The summed E-state index contributed by atoms with van der Waals surface area (Å²) >= 11 is 2.68. The Balaban J connectivity index is 1.61. The van der Waals surface area contributed by atoms with E-state index in [-0.39, 0.29) is 5.91 Å². The van der Waals surface area contributed by atoms with E-state index < -0.39 is 0 Å². The molecule has 0 fully saturated rings. The van der Waals surface area contributed by atoms with Gasteiger partial charge in [-0.25, -0.2) is 9.97 Å². The fraction of sp³-hybridized carbons (Fsp3) is 0.190. The first-order chi connectivity index (χ1) is 13.9. The summed E-state index contributed by atoms with van der Waals surface area (Å²) in [6.45, 7) is 6.00. The molecule has 148 valence electrons. The summed E-state index contributed by atoms with van der Waals surface area (Å²) in [6.07, 6.45) is 0. The highest BCUT2D eigenvalue weighted by Crippen LogP contribution is 2.37. The van der Waals surface area contributed by atoms with Gasteiger partial charge in [-0.1, -0.05) is 0 Å². The fourth-order valence-electron chi connectivity index (χ4n) is 3.12. The van der Waals surface area contributed by atoms with Crippen LogP contribution >= 0.6 is 22.7 Å².